The number of methoxy groups -OCH3 is 1. The standard InChI is InChI=1S/C31H57N3O7/c1-19-15-31(6,38-10)27(41-28-25(35)23(33(7)8)14-20(2)40-28)21(3)26(36)30(4,5)29(37)39-18-24(34(9)17-19)22-12-11-13-32-16-22/h19-25,27-28,32,35H,11-18H2,1-10H3/t19-,20-,21+,22?,23+,24+,25-,27-,28+,31-/m1/s1. The minimum Gasteiger partial charge on any atom is -0.463 e. The number of likely N-dealkylation sites (N-methyl/N-ethyl adjacent to an activating group) is 2. The molecule has 0 aromatic heterocycles. The van der Waals surface area contributed by atoms with E-state index in [9.17, 15) is 14.7 Å². The average molecular weight is 584 g/mol. The molecule has 0 amide bonds. The van der Waals surface area contributed by atoms with Crippen molar-refractivity contribution in [1.29, 1.82) is 0 Å². The van der Waals surface area contributed by atoms with Crippen molar-refractivity contribution in [2.24, 2.45) is 23.2 Å². The lowest BCUT2D eigenvalue weighted by Gasteiger charge is -2.47. The second-order valence-electron chi connectivity index (χ2n) is 13.9. The first-order valence-electron chi connectivity index (χ1n) is 15.4. The monoisotopic (exact) mass is 583 g/mol. The number of aliphatic hydroxyl groups is 1. The Kier molecular flexibility index (Phi) is 11.8. The summed E-state index contributed by atoms with van der Waals surface area (Å²) >= 11 is 0. The molecule has 3 heterocycles. The van der Waals surface area contributed by atoms with E-state index in [2.05, 4.69) is 24.2 Å². The number of nitrogens with one attached hydrogen (secondary N) is 1. The zero-order valence-electron chi connectivity index (χ0n) is 27.1. The highest BCUT2D eigenvalue weighted by Crippen LogP contribution is 2.38. The van der Waals surface area contributed by atoms with E-state index in [1.54, 1.807) is 27.9 Å². The van der Waals surface area contributed by atoms with E-state index >= 15 is 0 Å². The summed E-state index contributed by atoms with van der Waals surface area (Å²) in [7, 11) is 7.59. The Morgan fingerprint density at radius 3 is 2.41 bits per heavy atom. The Morgan fingerprint density at radius 1 is 1.15 bits per heavy atom. The Labute approximate surface area is 247 Å². The molecule has 10 nitrogen and oxygen atoms in total. The maximum absolute atomic E-state index is 14.1. The molecule has 3 saturated heterocycles. The Morgan fingerprint density at radius 2 is 1.83 bits per heavy atom. The highest BCUT2D eigenvalue weighted by atomic mass is 16.7. The molecule has 3 aliphatic rings. The number of hydrogen-bond acceptors (Lipinski definition) is 10. The first kappa shape index (κ1) is 34.4. The Balaban J connectivity index is 1.99. The van der Waals surface area contributed by atoms with Crippen LogP contribution >= 0.6 is 0 Å². The molecule has 0 radical (unpaired) electrons. The summed E-state index contributed by atoms with van der Waals surface area (Å²) in [6, 6.07) is -0.127. The van der Waals surface area contributed by atoms with Crippen molar-refractivity contribution in [3.8, 4) is 0 Å². The number of Topliss-reactive ketones (excluding diaryl/α,β-unsaturated/α-hetero) is 1. The van der Waals surface area contributed by atoms with Gasteiger partial charge < -0.3 is 34.3 Å². The van der Waals surface area contributed by atoms with Crippen LogP contribution < -0.4 is 5.32 Å². The zero-order valence-corrected chi connectivity index (χ0v) is 27.1. The summed E-state index contributed by atoms with van der Waals surface area (Å²) < 4.78 is 24.9. The van der Waals surface area contributed by atoms with Crippen molar-refractivity contribution >= 4 is 11.8 Å². The minimum absolute atomic E-state index is 0.0365. The minimum atomic E-state index is -1.39. The smallest absolute Gasteiger partial charge is 0.319 e. The van der Waals surface area contributed by atoms with Crippen LogP contribution in [0.3, 0.4) is 0 Å². The average Bonchev–Trinajstić information content (AvgIpc) is 2.92. The summed E-state index contributed by atoms with van der Waals surface area (Å²) in [4.78, 5) is 31.9. The van der Waals surface area contributed by atoms with Crippen LogP contribution in [0.4, 0.5) is 0 Å². The summed E-state index contributed by atoms with van der Waals surface area (Å²) in [5.41, 5.74) is -2.29. The van der Waals surface area contributed by atoms with Crippen molar-refractivity contribution < 1.29 is 33.6 Å². The number of ketones is 1. The number of cyclic esters (lactones) is 1. The largest absolute Gasteiger partial charge is 0.463 e. The van der Waals surface area contributed by atoms with Gasteiger partial charge in [0.05, 0.1) is 17.8 Å². The third-order valence-electron chi connectivity index (χ3n) is 9.80. The molecule has 0 aromatic carbocycles. The molecule has 0 saturated carbocycles. The number of ether oxygens (including phenoxy) is 4. The van der Waals surface area contributed by atoms with Crippen molar-refractivity contribution in [3.63, 3.8) is 0 Å². The summed E-state index contributed by atoms with van der Waals surface area (Å²) in [6.07, 6.45) is 0.624. The first-order chi connectivity index (χ1) is 19.1. The molecular weight excluding hydrogens is 526 g/mol. The quantitative estimate of drug-likeness (QED) is 0.370. The predicted octanol–water partition coefficient (Wildman–Crippen LogP) is 2.32. The van der Waals surface area contributed by atoms with E-state index in [0.717, 1.165) is 32.5 Å². The lowest BCUT2D eigenvalue weighted by molar-refractivity contribution is -0.295. The van der Waals surface area contributed by atoms with E-state index in [1.807, 2.05) is 32.8 Å². The van der Waals surface area contributed by atoms with E-state index in [0.29, 0.717) is 18.8 Å². The topological polar surface area (TPSA) is 110 Å². The Bertz CT molecular complexity index is 880. The molecular formula is C31H57N3O7. The molecule has 2 N–H and O–H groups in total. The molecule has 3 aliphatic heterocycles. The van der Waals surface area contributed by atoms with E-state index in [1.165, 1.54) is 0 Å². The number of aliphatic hydroxyl groups excluding tert-OH is 1. The number of nitrogens with zero attached hydrogens (tertiary/aromatic N) is 2. The van der Waals surface area contributed by atoms with Gasteiger partial charge in [0.1, 0.15) is 18.1 Å². The molecule has 0 aliphatic carbocycles. The SMILES string of the molecule is CO[C@]1(C)C[C@@H](C)CN(C)[C@H](C2CCCNC2)COC(=O)C(C)(C)C(=O)[C@H](C)[C@H]1O[C@@H]1O[C@H](C)C[C@H](N(C)C)[C@H]1O. The molecule has 41 heavy (non-hydrogen) atoms. The summed E-state index contributed by atoms with van der Waals surface area (Å²) in [6.45, 7) is 14.0. The third-order valence-corrected chi connectivity index (χ3v) is 9.80. The van der Waals surface area contributed by atoms with Gasteiger partial charge in [0.2, 0.25) is 0 Å². The van der Waals surface area contributed by atoms with Crippen molar-refractivity contribution in [3.05, 3.63) is 0 Å². The summed E-state index contributed by atoms with van der Waals surface area (Å²) in [5, 5.41) is 14.8. The van der Waals surface area contributed by atoms with Crippen LogP contribution in [0.15, 0.2) is 0 Å². The van der Waals surface area contributed by atoms with Crippen molar-refractivity contribution in [2.45, 2.75) is 110 Å². The molecule has 10 heteroatoms. The highest BCUT2D eigenvalue weighted by Gasteiger charge is 2.51. The van der Waals surface area contributed by atoms with Gasteiger partial charge in [-0.3, -0.25) is 14.5 Å². The maximum Gasteiger partial charge on any atom is 0.319 e. The molecule has 3 rings (SSSR count). The molecule has 1 unspecified atom stereocenters. The van der Waals surface area contributed by atoms with Crippen LogP contribution in [0.25, 0.3) is 0 Å². The van der Waals surface area contributed by atoms with Crippen molar-refractivity contribution in [2.75, 3.05) is 54.5 Å². The van der Waals surface area contributed by atoms with Gasteiger partial charge >= 0.3 is 5.97 Å². The van der Waals surface area contributed by atoms with Gasteiger partial charge in [-0.15, -0.1) is 0 Å². The lowest BCUT2D eigenvalue weighted by atomic mass is 9.74. The van der Waals surface area contributed by atoms with Crippen LogP contribution in [0.5, 0.6) is 0 Å². The third kappa shape index (κ3) is 7.88. The summed E-state index contributed by atoms with van der Waals surface area (Å²) in [5.74, 6) is -1.03. The van der Waals surface area contributed by atoms with Gasteiger partial charge in [0, 0.05) is 31.7 Å². The Hall–Kier alpha value is -1.14. The fourth-order valence-electron chi connectivity index (χ4n) is 7.27. The van der Waals surface area contributed by atoms with Crippen LogP contribution in [0.1, 0.15) is 67.2 Å². The molecule has 0 aromatic rings. The molecule has 3 fully saturated rings. The lowest BCUT2D eigenvalue weighted by Crippen LogP contribution is -2.59. The van der Waals surface area contributed by atoms with Crippen molar-refractivity contribution in [1.82, 2.24) is 15.1 Å². The van der Waals surface area contributed by atoms with Gasteiger partial charge in [0.15, 0.2) is 12.1 Å². The maximum atomic E-state index is 14.1. The number of piperidine rings is 1. The van der Waals surface area contributed by atoms with Crippen LogP contribution in [-0.2, 0) is 28.5 Å². The molecule has 238 valence electrons. The number of carbonyl (C=O) groups is 2. The highest BCUT2D eigenvalue weighted by molar-refractivity contribution is 6.04. The van der Waals surface area contributed by atoms with Gasteiger partial charge in [-0.2, -0.15) is 0 Å². The van der Waals surface area contributed by atoms with E-state index in [-0.39, 0.29) is 36.5 Å². The van der Waals surface area contributed by atoms with Crippen LogP contribution in [0, 0.1) is 23.2 Å². The molecule has 0 bridgehead atoms. The van der Waals surface area contributed by atoms with E-state index < -0.39 is 41.4 Å². The number of hydrogen-bond donors (Lipinski definition) is 2. The van der Waals surface area contributed by atoms with Gasteiger partial charge in [-0.25, -0.2) is 0 Å². The van der Waals surface area contributed by atoms with E-state index in [4.69, 9.17) is 18.9 Å². The molecule has 0 spiro atoms. The zero-order chi connectivity index (χ0) is 30.7. The second kappa shape index (κ2) is 14.1. The molecule has 10 atom stereocenters. The fourth-order valence-corrected chi connectivity index (χ4v) is 7.27. The van der Waals surface area contributed by atoms with Gasteiger partial charge in [0.25, 0.3) is 0 Å². The predicted molar refractivity (Wildman–Crippen MR) is 157 cm³/mol. The van der Waals surface area contributed by atoms with Gasteiger partial charge in [-0.1, -0.05) is 13.8 Å². The number of rotatable bonds is 5. The number of esters is 1. The van der Waals surface area contributed by atoms with Gasteiger partial charge in [-0.05, 0) is 99.4 Å². The van der Waals surface area contributed by atoms with Crippen LogP contribution in [-0.4, -0.2) is 123 Å². The second-order valence-corrected chi connectivity index (χ2v) is 13.9. The number of carbonyl (C=O) groups excluding carboxylic acids is 2. The van der Waals surface area contributed by atoms with Crippen LogP contribution in [0.2, 0.25) is 0 Å². The fraction of sp³-hybridized carbons (Fsp3) is 0.935. The normalized spacial score (nSPS) is 42.2. The first-order valence-corrected chi connectivity index (χ1v) is 15.4.